The second-order valence-electron chi connectivity index (χ2n) is 4.03. The molecule has 1 aromatic rings. The third kappa shape index (κ3) is 2.41. The Kier molecular flexibility index (Phi) is 3.56. The number of carboxylic acids is 1. The van der Waals surface area contributed by atoms with E-state index in [-0.39, 0.29) is 0 Å². The van der Waals surface area contributed by atoms with Crippen LogP contribution in [0.15, 0.2) is 0 Å². The Morgan fingerprint density at radius 2 is 2.19 bits per heavy atom. The number of rotatable bonds is 4. The maximum atomic E-state index is 11.0. The molecule has 0 radical (unpaired) electrons. The summed E-state index contributed by atoms with van der Waals surface area (Å²) in [7, 11) is 0. The van der Waals surface area contributed by atoms with Gasteiger partial charge < -0.3 is 5.11 Å². The van der Waals surface area contributed by atoms with Crippen LogP contribution in [0.1, 0.15) is 40.1 Å². The van der Waals surface area contributed by atoms with E-state index in [2.05, 4.69) is 9.88 Å². The molecule has 1 aromatic heterocycles. The third-order valence-corrected chi connectivity index (χ3v) is 3.90. The molecule has 16 heavy (non-hydrogen) atoms. The molecule has 0 aliphatic carbocycles. The lowest BCUT2D eigenvalue weighted by atomic mass is 10.3. The van der Waals surface area contributed by atoms with Gasteiger partial charge in [-0.1, -0.05) is 6.92 Å². The maximum absolute atomic E-state index is 11.0. The van der Waals surface area contributed by atoms with Crippen LogP contribution in [-0.4, -0.2) is 34.0 Å². The number of aromatic carboxylic acids is 1. The van der Waals surface area contributed by atoms with Crippen LogP contribution in [-0.2, 0) is 13.0 Å². The summed E-state index contributed by atoms with van der Waals surface area (Å²) in [6, 6.07) is 0. The molecule has 1 aliphatic rings. The Bertz CT molecular complexity index is 383. The van der Waals surface area contributed by atoms with E-state index in [0.29, 0.717) is 11.3 Å². The summed E-state index contributed by atoms with van der Waals surface area (Å²) in [6.07, 6.45) is 3.19. The SMILES string of the molecule is CCc1nc(CN2CCCC2)sc1C(=O)O. The average Bonchev–Trinajstić information content (AvgIpc) is 2.87. The molecule has 1 fully saturated rings. The van der Waals surface area contributed by atoms with Crippen molar-refractivity contribution >= 4 is 17.3 Å². The Morgan fingerprint density at radius 3 is 2.69 bits per heavy atom. The molecule has 2 rings (SSSR count). The molecule has 1 saturated heterocycles. The molecule has 4 nitrogen and oxygen atoms in total. The van der Waals surface area contributed by atoms with Gasteiger partial charge in [-0.05, 0) is 32.4 Å². The standard InChI is InChI=1S/C11H16N2O2S/c1-2-8-10(11(14)15)16-9(12-8)7-13-5-3-4-6-13/h2-7H2,1H3,(H,14,15). The zero-order valence-corrected chi connectivity index (χ0v) is 10.2. The van der Waals surface area contributed by atoms with Crippen molar-refractivity contribution in [2.45, 2.75) is 32.7 Å². The van der Waals surface area contributed by atoms with Crippen molar-refractivity contribution in [3.8, 4) is 0 Å². The lowest BCUT2D eigenvalue weighted by molar-refractivity contribution is 0.0701. The molecule has 0 amide bonds. The van der Waals surface area contributed by atoms with Crippen LogP contribution in [0.4, 0.5) is 0 Å². The van der Waals surface area contributed by atoms with Gasteiger partial charge in [0.25, 0.3) is 0 Å². The van der Waals surface area contributed by atoms with Crippen LogP contribution in [0.3, 0.4) is 0 Å². The van der Waals surface area contributed by atoms with E-state index >= 15 is 0 Å². The maximum Gasteiger partial charge on any atom is 0.347 e. The minimum Gasteiger partial charge on any atom is -0.477 e. The summed E-state index contributed by atoms with van der Waals surface area (Å²) < 4.78 is 0. The Morgan fingerprint density at radius 1 is 1.50 bits per heavy atom. The van der Waals surface area contributed by atoms with E-state index in [9.17, 15) is 4.79 Å². The summed E-state index contributed by atoms with van der Waals surface area (Å²) in [6.45, 7) is 4.99. The highest BCUT2D eigenvalue weighted by molar-refractivity contribution is 7.13. The van der Waals surface area contributed by atoms with Gasteiger partial charge in [-0.15, -0.1) is 11.3 Å². The Hall–Kier alpha value is -0.940. The minimum atomic E-state index is -0.845. The highest BCUT2D eigenvalue weighted by Gasteiger charge is 2.18. The van der Waals surface area contributed by atoms with E-state index in [4.69, 9.17) is 5.11 Å². The van der Waals surface area contributed by atoms with Crippen LogP contribution >= 0.6 is 11.3 Å². The first-order valence-electron chi connectivity index (χ1n) is 5.65. The zero-order chi connectivity index (χ0) is 11.5. The molecule has 1 aliphatic heterocycles. The monoisotopic (exact) mass is 240 g/mol. The molecule has 0 aromatic carbocycles. The molecular weight excluding hydrogens is 224 g/mol. The number of carboxylic acid groups (broad SMARTS) is 1. The van der Waals surface area contributed by atoms with Gasteiger partial charge in [-0.2, -0.15) is 0 Å². The van der Waals surface area contributed by atoms with Crippen LogP contribution in [0.5, 0.6) is 0 Å². The van der Waals surface area contributed by atoms with Crippen LogP contribution in [0.25, 0.3) is 0 Å². The predicted octanol–water partition coefficient (Wildman–Crippen LogP) is 2.00. The number of aromatic nitrogens is 1. The van der Waals surface area contributed by atoms with Gasteiger partial charge in [0.05, 0.1) is 12.2 Å². The van der Waals surface area contributed by atoms with Gasteiger partial charge >= 0.3 is 5.97 Å². The fraction of sp³-hybridized carbons (Fsp3) is 0.636. The lowest BCUT2D eigenvalue weighted by Crippen LogP contribution is -2.18. The highest BCUT2D eigenvalue weighted by Crippen LogP contribution is 2.22. The lowest BCUT2D eigenvalue weighted by Gasteiger charge is -2.11. The number of thiazole rings is 1. The molecule has 5 heteroatoms. The molecule has 2 heterocycles. The van der Waals surface area contributed by atoms with Gasteiger partial charge in [0.1, 0.15) is 9.88 Å². The van der Waals surface area contributed by atoms with Crippen molar-refractivity contribution < 1.29 is 9.90 Å². The normalized spacial score (nSPS) is 16.8. The van der Waals surface area contributed by atoms with E-state index in [0.717, 1.165) is 30.3 Å². The summed E-state index contributed by atoms with van der Waals surface area (Å²) in [4.78, 5) is 18.1. The zero-order valence-electron chi connectivity index (χ0n) is 9.40. The van der Waals surface area contributed by atoms with E-state index in [1.807, 2.05) is 6.92 Å². The second kappa shape index (κ2) is 4.93. The summed E-state index contributed by atoms with van der Waals surface area (Å²) >= 11 is 1.33. The van der Waals surface area contributed by atoms with Crippen molar-refractivity contribution in [2.75, 3.05) is 13.1 Å². The molecule has 1 N–H and O–H groups in total. The van der Waals surface area contributed by atoms with E-state index < -0.39 is 5.97 Å². The van der Waals surface area contributed by atoms with E-state index in [1.54, 1.807) is 0 Å². The smallest absolute Gasteiger partial charge is 0.347 e. The van der Waals surface area contributed by atoms with Gasteiger partial charge in [0, 0.05) is 0 Å². The van der Waals surface area contributed by atoms with Crippen LogP contribution in [0, 0.1) is 0 Å². The van der Waals surface area contributed by atoms with Crippen molar-refractivity contribution in [1.29, 1.82) is 0 Å². The topological polar surface area (TPSA) is 53.4 Å². The van der Waals surface area contributed by atoms with Crippen molar-refractivity contribution in [2.24, 2.45) is 0 Å². The van der Waals surface area contributed by atoms with Gasteiger partial charge in [0.2, 0.25) is 0 Å². The first-order valence-corrected chi connectivity index (χ1v) is 6.46. The molecule has 0 bridgehead atoms. The summed E-state index contributed by atoms with van der Waals surface area (Å²) in [5.74, 6) is -0.845. The van der Waals surface area contributed by atoms with Crippen molar-refractivity contribution in [3.63, 3.8) is 0 Å². The van der Waals surface area contributed by atoms with Gasteiger partial charge in [-0.25, -0.2) is 9.78 Å². The quantitative estimate of drug-likeness (QED) is 0.874. The molecule has 0 atom stereocenters. The first-order chi connectivity index (χ1) is 7.70. The number of hydrogen-bond acceptors (Lipinski definition) is 4. The minimum absolute atomic E-state index is 0.414. The highest BCUT2D eigenvalue weighted by atomic mass is 32.1. The molecule has 88 valence electrons. The number of aryl methyl sites for hydroxylation is 1. The Labute approximate surface area is 98.9 Å². The number of carbonyl (C=O) groups is 1. The van der Waals surface area contributed by atoms with Crippen molar-refractivity contribution in [1.82, 2.24) is 9.88 Å². The second-order valence-corrected chi connectivity index (χ2v) is 5.11. The summed E-state index contributed by atoms with van der Waals surface area (Å²) in [5.41, 5.74) is 0.728. The third-order valence-electron chi connectivity index (χ3n) is 2.83. The predicted molar refractivity (Wildman–Crippen MR) is 63.0 cm³/mol. The average molecular weight is 240 g/mol. The van der Waals surface area contributed by atoms with E-state index in [1.165, 1.54) is 24.2 Å². The fourth-order valence-electron chi connectivity index (χ4n) is 2.01. The van der Waals surface area contributed by atoms with Gasteiger partial charge in [-0.3, -0.25) is 4.90 Å². The molecule has 0 unspecified atom stereocenters. The van der Waals surface area contributed by atoms with Crippen LogP contribution in [0.2, 0.25) is 0 Å². The van der Waals surface area contributed by atoms with Crippen LogP contribution < -0.4 is 0 Å². The first kappa shape index (κ1) is 11.5. The summed E-state index contributed by atoms with van der Waals surface area (Å²) in [5, 5.41) is 9.97. The molecule has 0 spiro atoms. The molecular formula is C11H16N2O2S. The molecule has 0 saturated carbocycles. The van der Waals surface area contributed by atoms with Crippen molar-refractivity contribution in [3.05, 3.63) is 15.6 Å². The van der Waals surface area contributed by atoms with Gasteiger partial charge in [0.15, 0.2) is 0 Å². The number of hydrogen-bond donors (Lipinski definition) is 1. The largest absolute Gasteiger partial charge is 0.477 e. The fourth-order valence-corrected chi connectivity index (χ4v) is 3.04. The number of nitrogens with zero attached hydrogens (tertiary/aromatic N) is 2. The number of likely N-dealkylation sites (tertiary alicyclic amines) is 1. The Balaban J connectivity index is 2.12.